The van der Waals surface area contributed by atoms with Crippen LogP contribution in [0.2, 0.25) is 0 Å². The molecule has 0 spiro atoms. The molecule has 5 rings (SSSR count). The maximum Gasteiger partial charge on any atom is 0.238 e. The molecule has 8 nitrogen and oxygen atoms in total. The predicted octanol–water partition coefficient (Wildman–Crippen LogP) is 3.41. The van der Waals surface area contributed by atoms with E-state index >= 15 is 0 Å². The second kappa shape index (κ2) is 7.70. The van der Waals surface area contributed by atoms with Crippen LogP contribution in [0.1, 0.15) is 6.42 Å². The quantitative estimate of drug-likeness (QED) is 0.430. The zero-order valence-electron chi connectivity index (χ0n) is 16.9. The Labute approximate surface area is 183 Å². The molecule has 1 amide bonds. The smallest absolute Gasteiger partial charge is 0.238 e. The van der Waals surface area contributed by atoms with Gasteiger partial charge < -0.3 is 9.88 Å². The second-order valence-electron chi connectivity index (χ2n) is 7.42. The first-order valence-electron chi connectivity index (χ1n) is 9.96. The number of nitrogens with zero attached hydrogens (tertiary/aromatic N) is 3. The third kappa shape index (κ3) is 3.68. The molecular weight excluding hydrogens is 426 g/mol. The molecule has 0 saturated heterocycles. The number of sulfonamides is 1. The van der Waals surface area contributed by atoms with Crippen LogP contribution in [0, 0.1) is 0 Å². The lowest BCUT2D eigenvalue weighted by Gasteiger charge is -2.09. The van der Waals surface area contributed by atoms with Crippen LogP contribution >= 0.6 is 0 Å². The van der Waals surface area contributed by atoms with Crippen molar-refractivity contribution < 1.29 is 13.2 Å². The van der Waals surface area contributed by atoms with Crippen LogP contribution in [0.5, 0.6) is 0 Å². The number of aryl methyl sites for hydroxylation is 1. The number of aromatic nitrogens is 3. The van der Waals surface area contributed by atoms with Crippen LogP contribution in [0.4, 0.5) is 5.69 Å². The molecule has 0 aliphatic heterocycles. The molecule has 0 aliphatic carbocycles. The molecule has 2 aromatic heterocycles. The van der Waals surface area contributed by atoms with Gasteiger partial charge in [0, 0.05) is 24.0 Å². The van der Waals surface area contributed by atoms with Crippen LogP contribution in [0.3, 0.4) is 0 Å². The zero-order valence-corrected chi connectivity index (χ0v) is 17.7. The highest BCUT2D eigenvalue weighted by atomic mass is 32.2. The Bertz CT molecular complexity index is 1590. The Hall–Kier alpha value is -3.82. The molecule has 0 saturated carbocycles. The van der Waals surface area contributed by atoms with Crippen molar-refractivity contribution in [3.8, 4) is 0 Å². The monoisotopic (exact) mass is 445 g/mol. The van der Waals surface area contributed by atoms with E-state index in [4.69, 9.17) is 15.1 Å². The fraction of sp³-hybridized carbons (Fsp3) is 0.0870. The summed E-state index contributed by atoms with van der Waals surface area (Å²) in [6.45, 7) is 0.415. The Morgan fingerprint density at radius 3 is 2.28 bits per heavy atom. The SMILES string of the molecule is NS(=O)(=O)c1ccc(NC(=O)CCn2c3ccccc3c3nc4ccccc4nc32)cc1. The molecule has 0 aliphatic rings. The largest absolute Gasteiger partial charge is 0.326 e. The Morgan fingerprint density at radius 2 is 1.56 bits per heavy atom. The third-order valence-corrected chi connectivity index (χ3v) is 6.22. The molecule has 0 bridgehead atoms. The van der Waals surface area contributed by atoms with Gasteiger partial charge in [-0.2, -0.15) is 0 Å². The summed E-state index contributed by atoms with van der Waals surface area (Å²) in [4.78, 5) is 22.2. The van der Waals surface area contributed by atoms with Crippen LogP contribution in [0.15, 0.2) is 77.7 Å². The van der Waals surface area contributed by atoms with Crippen molar-refractivity contribution in [1.29, 1.82) is 0 Å². The number of hydrogen-bond donors (Lipinski definition) is 2. The van der Waals surface area contributed by atoms with E-state index < -0.39 is 10.0 Å². The van der Waals surface area contributed by atoms with Gasteiger partial charge in [-0.3, -0.25) is 4.79 Å². The zero-order chi connectivity index (χ0) is 22.3. The number of primary sulfonamides is 1. The fourth-order valence-corrected chi connectivity index (χ4v) is 4.29. The maximum atomic E-state index is 12.6. The van der Waals surface area contributed by atoms with Gasteiger partial charge in [-0.25, -0.2) is 23.5 Å². The molecule has 0 radical (unpaired) electrons. The Kier molecular flexibility index (Phi) is 4.84. The van der Waals surface area contributed by atoms with E-state index in [-0.39, 0.29) is 17.2 Å². The maximum absolute atomic E-state index is 12.6. The highest BCUT2D eigenvalue weighted by molar-refractivity contribution is 7.89. The van der Waals surface area contributed by atoms with Crippen molar-refractivity contribution in [2.75, 3.05) is 5.32 Å². The summed E-state index contributed by atoms with van der Waals surface area (Å²) in [6.07, 6.45) is 0.208. The molecule has 2 heterocycles. The number of carbonyl (C=O) groups excluding carboxylic acids is 1. The fourth-order valence-electron chi connectivity index (χ4n) is 3.77. The highest BCUT2D eigenvalue weighted by Gasteiger charge is 2.15. The predicted molar refractivity (Wildman–Crippen MR) is 124 cm³/mol. The van der Waals surface area contributed by atoms with Crippen LogP contribution in [-0.2, 0) is 21.4 Å². The number of rotatable bonds is 5. The Balaban J connectivity index is 1.43. The van der Waals surface area contributed by atoms with E-state index in [0.29, 0.717) is 12.2 Å². The normalized spacial score (nSPS) is 11.9. The van der Waals surface area contributed by atoms with Crippen molar-refractivity contribution in [1.82, 2.24) is 14.5 Å². The average Bonchev–Trinajstić information content (AvgIpc) is 3.08. The molecule has 0 fully saturated rings. The number of nitrogens with one attached hydrogen (secondary N) is 1. The van der Waals surface area contributed by atoms with Crippen molar-refractivity contribution in [3.05, 3.63) is 72.8 Å². The van der Waals surface area contributed by atoms with E-state index in [0.717, 1.165) is 33.1 Å². The summed E-state index contributed by atoms with van der Waals surface area (Å²) in [6, 6.07) is 21.3. The van der Waals surface area contributed by atoms with E-state index in [2.05, 4.69) is 5.32 Å². The van der Waals surface area contributed by atoms with Gasteiger partial charge in [-0.1, -0.05) is 30.3 Å². The van der Waals surface area contributed by atoms with Crippen molar-refractivity contribution >= 4 is 54.7 Å². The third-order valence-electron chi connectivity index (χ3n) is 5.29. The highest BCUT2D eigenvalue weighted by Crippen LogP contribution is 2.28. The average molecular weight is 446 g/mol. The molecule has 5 aromatic rings. The lowest BCUT2D eigenvalue weighted by molar-refractivity contribution is -0.116. The van der Waals surface area contributed by atoms with Crippen molar-refractivity contribution in [3.63, 3.8) is 0 Å². The van der Waals surface area contributed by atoms with E-state index in [1.165, 1.54) is 24.3 Å². The van der Waals surface area contributed by atoms with Gasteiger partial charge in [0.1, 0.15) is 5.52 Å². The lowest BCUT2D eigenvalue weighted by Crippen LogP contribution is -2.15. The number of anilines is 1. The minimum atomic E-state index is -3.77. The van der Waals surface area contributed by atoms with E-state index in [1.54, 1.807) is 0 Å². The summed E-state index contributed by atoms with van der Waals surface area (Å²) in [7, 11) is -3.77. The number of amides is 1. The minimum absolute atomic E-state index is 0.00780. The van der Waals surface area contributed by atoms with Gasteiger partial charge in [-0.05, 0) is 42.5 Å². The second-order valence-corrected chi connectivity index (χ2v) is 8.98. The van der Waals surface area contributed by atoms with E-state index in [9.17, 15) is 13.2 Å². The van der Waals surface area contributed by atoms with Crippen LogP contribution < -0.4 is 10.5 Å². The van der Waals surface area contributed by atoms with Crippen molar-refractivity contribution in [2.24, 2.45) is 5.14 Å². The van der Waals surface area contributed by atoms with Gasteiger partial charge in [0.15, 0.2) is 5.65 Å². The number of hydrogen-bond acceptors (Lipinski definition) is 5. The van der Waals surface area contributed by atoms with Gasteiger partial charge in [-0.15, -0.1) is 0 Å². The number of nitrogens with two attached hydrogens (primary N) is 1. The van der Waals surface area contributed by atoms with E-state index in [1.807, 2.05) is 53.1 Å². The number of para-hydroxylation sites is 3. The molecule has 32 heavy (non-hydrogen) atoms. The molecule has 3 aromatic carbocycles. The van der Waals surface area contributed by atoms with Crippen LogP contribution in [0.25, 0.3) is 33.1 Å². The van der Waals surface area contributed by atoms with Gasteiger partial charge >= 0.3 is 0 Å². The molecular formula is C23H19N5O3S. The minimum Gasteiger partial charge on any atom is -0.326 e. The molecule has 160 valence electrons. The van der Waals surface area contributed by atoms with Gasteiger partial charge in [0.05, 0.1) is 21.4 Å². The summed E-state index contributed by atoms with van der Waals surface area (Å²) < 4.78 is 24.8. The first kappa shape index (κ1) is 20.1. The summed E-state index contributed by atoms with van der Waals surface area (Å²) in [5, 5.41) is 8.88. The van der Waals surface area contributed by atoms with Crippen molar-refractivity contribution in [2.45, 2.75) is 17.9 Å². The molecule has 0 atom stereocenters. The first-order chi connectivity index (χ1) is 15.4. The van der Waals surface area contributed by atoms with Gasteiger partial charge in [0.2, 0.25) is 15.9 Å². The van der Waals surface area contributed by atoms with Crippen LogP contribution in [-0.4, -0.2) is 28.9 Å². The van der Waals surface area contributed by atoms with Gasteiger partial charge in [0.25, 0.3) is 0 Å². The number of carbonyl (C=O) groups is 1. The topological polar surface area (TPSA) is 120 Å². The standard InChI is InChI=1S/C23H19N5O3S/c24-32(30,31)16-11-9-15(10-12-16)25-21(29)13-14-28-20-8-4-1-5-17(20)22-23(28)27-19-7-3-2-6-18(19)26-22/h1-12H,13-14H2,(H,25,29)(H2,24,30,31). The number of fused-ring (bicyclic) bond motifs is 4. The summed E-state index contributed by atoms with van der Waals surface area (Å²) in [5.41, 5.74) is 4.61. The Morgan fingerprint density at radius 1 is 0.906 bits per heavy atom. The molecule has 0 unspecified atom stereocenters. The molecule has 3 N–H and O–H groups in total. The summed E-state index contributed by atoms with van der Waals surface area (Å²) in [5.74, 6) is -0.201. The first-order valence-corrected chi connectivity index (χ1v) is 11.5. The number of benzene rings is 3. The lowest BCUT2D eigenvalue weighted by atomic mass is 10.2. The summed E-state index contributed by atoms with van der Waals surface area (Å²) >= 11 is 0. The molecule has 9 heteroatoms.